The molecular formula is C26H23N5O2. The van der Waals surface area contributed by atoms with Crippen molar-refractivity contribution in [3.63, 3.8) is 0 Å². The molecule has 0 amide bonds. The molecule has 2 heterocycles. The Morgan fingerprint density at radius 1 is 1.24 bits per heavy atom. The van der Waals surface area contributed by atoms with Crippen molar-refractivity contribution < 1.29 is 4.74 Å². The number of benzene rings is 1. The number of ether oxygens (including phenoxy) is 1. The SMILES string of the molecule is COC=C1C=CC=C(Cn2ccc(-c3cc(-c4cccc(C#N)c4C)nc(N)n3)cc2=O)C1. The minimum atomic E-state index is -0.137. The molecule has 0 fully saturated rings. The van der Waals surface area contributed by atoms with Crippen LogP contribution in [0.2, 0.25) is 0 Å². The minimum Gasteiger partial charge on any atom is -0.504 e. The third-order valence-corrected chi connectivity index (χ3v) is 5.48. The predicted octanol–water partition coefficient (Wildman–Crippen LogP) is 4.15. The standard InChI is InChI=1S/C26H23N5O2/c1-17-21(14-27)7-4-8-22(17)24-13-23(29-26(28)30-24)20-9-10-31(25(32)12-20)15-18-5-3-6-19(11-18)16-33-2/h3-10,12-13,16H,11,15H2,1-2H3,(H2,28,29,30). The van der Waals surface area contributed by atoms with Crippen LogP contribution in [0, 0.1) is 18.3 Å². The lowest BCUT2D eigenvalue weighted by molar-refractivity contribution is 0.334. The zero-order valence-electron chi connectivity index (χ0n) is 18.4. The quantitative estimate of drug-likeness (QED) is 0.601. The maximum Gasteiger partial charge on any atom is 0.251 e. The second-order valence-electron chi connectivity index (χ2n) is 7.76. The van der Waals surface area contributed by atoms with Crippen molar-refractivity contribution >= 4 is 5.95 Å². The second kappa shape index (κ2) is 9.37. The van der Waals surface area contributed by atoms with E-state index in [4.69, 9.17) is 10.5 Å². The predicted molar refractivity (Wildman–Crippen MR) is 128 cm³/mol. The molecule has 7 nitrogen and oxygen atoms in total. The highest BCUT2D eigenvalue weighted by atomic mass is 16.5. The van der Waals surface area contributed by atoms with Gasteiger partial charge < -0.3 is 15.0 Å². The molecule has 0 bridgehead atoms. The molecule has 33 heavy (non-hydrogen) atoms. The summed E-state index contributed by atoms with van der Waals surface area (Å²) < 4.78 is 6.75. The van der Waals surface area contributed by atoms with Crippen molar-refractivity contribution in [2.24, 2.45) is 0 Å². The molecule has 0 saturated carbocycles. The Bertz CT molecular complexity index is 1410. The number of aromatic nitrogens is 3. The Morgan fingerprint density at radius 3 is 2.82 bits per heavy atom. The highest BCUT2D eigenvalue weighted by Gasteiger charge is 2.13. The van der Waals surface area contributed by atoms with E-state index in [1.807, 2.05) is 43.4 Å². The van der Waals surface area contributed by atoms with E-state index in [2.05, 4.69) is 16.0 Å². The van der Waals surface area contributed by atoms with Crippen LogP contribution < -0.4 is 11.3 Å². The van der Waals surface area contributed by atoms with Gasteiger partial charge in [0.05, 0.1) is 36.4 Å². The summed E-state index contributed by atoms with van der Waals surface area (Å²) in [6, 6.07) is 12.8. The van der Waals surface area contributed by atoms with E-state index in [1.54, 1.807) is 42.3 Å². The minimum absolute atomic E-state index is 0.102. The van der Waals surface area contributed by atoms with Crippen molar-refractivity contribution in [3.05, 3.63) is 99.7 Å². The van der Waals surface area contributed by atoms with Crippen LogP contribution in [-0.2, 0) is 11.3 Å². The van der Waals surface area contributed by atoms with Crippen LogP contribution in [0.5, 0.6) is 0 Å². The van der Waals surface area contributed by atoms with Gasteiger partial charge in [0.25, 0.3) is 5.56 Å². The molecule has 0 atom stereocenters. The molecule has 0 saturated heterocycles. The van der Waals surface area contributed by atoms with Crippen LogP contribution in [0.1, 0.15) is 17.5 Å². The van der Waals surface area contributed by atoms with E-state index in [0.717, 1.165) is 28.7 Å². The zero-order chi connectivity index (χ0) is 23.4. The normalized spacial score (nSPS) is 14.1. The number of nitrogens with zero attached hydrogens (tertiary/aromatic N) is 4. The van der Waals surface area contributed by atoms with Crippen LogP contribution in [0.25, 0.3) is 22.5 Å². The molecule has 1 aliphatic rings. The lowest BCUT2D eigenvalue weighted by Crippen LogP contribution is -2.20. The number of pyridine rings is 1. The van der Waals surface area contributed by atoms with Gasteiger partial charge in [0.1, 0.15) is 0 Å². The fourth-order valence-electron chi connectivity index (χ4n) is 3.83. The first kappa shape index (κ1) is 21.8. The van der Waals surface area contributed by atoms with Gasteiger partial charge in [-0.25, -0.2) is 9.97 Å². The third kappa shape index (κ3) is 4.75. The maximum absolute atomic E-state index is 12.8. The van der Waals surface area contributed by atoms with Crippen molar-refractivity contribution in [1.82, 2.24) is 14.5 Å². The number of rotatable bonds is 5. The monoisotopic (exact) mass is 437 g/mol. The molecule has 2 aromatic heterocycles. The Kier molecular flexibility index (Phi) is 6.18. The van der Waals surface area contributed by atoms with E-state index >= 15 is 0 Å². The van der Waals surface area contributed by atoms with Crippen molar-refractivity contribution in [2.45, 2.75) is 19.9 Å². The number of allylic oxidation sites excluding steroid dienone is 5. The fraction of sp³-hybridized carbons (Fsp3) is 0.154. The summed E-state index contributed by atoms with van der Waals surface area (Å²) in [6.45, 7) is 2.36. The van der Waals surface area contributed by atoms with Gasteiger partial charge in [0.15, 0.2) is 0 Å². The first-order valence-electron chi connectivity index (χ1n) is 10.4. The topological polar surface area (TPSA) is 107 Å². The van der Waals surface area contributed by atoms with E-state index in [1.165, 1.54) is 0 Å². The number of methoxy groups -OCH3 is 1. The van der Waals surface area contributed by atoms with Crippen LogP contribution >= 0.6 is 0 Å². The molecular weight excluding hydrogens is 414 g/mol. The molecule has 0 spiro atoms. The molecule has 3 aromatic rings. The van der Waals surface area contributed by atoms with Crippen molar-refractivity contribution in [2.75, 3.05) is 12.8 Å². The molecule has 7 heteroatoms. The number of nitriles is 1. The summed E-state index contributed by atoms with van der Waals surface area (Å²) in [7, 11) is 1.62. The highest BCUT2D eigenvalue weighted by molar-refractivity contribution is 5.72. The van der Waals surface area contributed by atoms with Crippen LogP contribution in [0.3, 0.4) is 0 Å². The highest BCUT2D eigenvalue weighted by Crippen LogP contribution is 2.28. The van der Waals surface area contributed by atoms with Crippen LogP contribution in [0.4, 0.5) is 5.95 Å². The Labute approximate surface area is 191 Å². The summed E-state index contributed by atoms with van der Waals surface area (Å²) in [5.41, 5.74) is 12.0. The van der Waals surface area contributed by atoms with E-state index < -0.39 is 0 Å². The van der Waals surface area contributed by atoms with Gasteiger partial charge in [-0.3, -0.25) is 4.79 Å². The first-order chi connectivity index (χ1) is 16.0. The van der Waals surface area contributed by atoms with Gasteiger partial charge in [-0.2, -0.15) is 5.26 Å². The van der Waals surface area contributed by atoms with Crippen LogP contribution in [0.15, 0.2) is 83.0 Å². The Morgan fingerprint density at radius 2 is 2.06 bits per heavy atom. The maximum atomic E-state index is 12.8. The summed E-state index contributed by atoms with van der Waals surface area (Å²) in [5, 5.41) is 9.33. The number of nitrogen functional groups attached to an aromatic ring is 1. The molecule has 164 valence electrons. The van der Waals surface area contributed by atoms with E-state index in [0.29, 0.717) is 29.1 Å². The zero-order valence-corrected chi connectivity index (χ0v) is 18.4. The number of anilines is 1. The lowest BCUT2D eigenvalue weighted by Gasteiger charge is -2.14. The third-order valence-electron chi connectivity index (χ3n) is 5.48. The number of hydrogen-bond donors (Lipinski definition) is 1. The van der Waals surface area contributed by atoms with Gasteiger partial charge in [0, 0.05) is 29.9 Å². The molecule has 1 aliphatic carbocycles. The number of nitrogens with two attached hydrogens (primary N) is 1. The summed E-state index contributed by atoms with van der Waals surface area (Å²) in [4.78, 5) is 21.5. The molecule has 2 N–H and O–H groups in total. The number of hydrogen-bond acceptors (Lipinski definition) is 6. The van der Waals surface area contributed by atoms with Gasteiger partial charge in [-0.05, 0) is 48.3 Å². The Balaban J connectivity index is 1.65. The molecule has 4 rings (SSSR count). The lowest BCUT2D eigenvalue weighted by atomic mass is 9.99. The van der Waals surface area contributed by atoms with Gasteiger partial charge >= 0.3 is 0 Å². The summed E-state index contributed by atoms with van der Waals surface area (Å²) in [6.07, 6.45) is 10.2. The molecule has 0 radical (unpaired) electrons. The largest absolute Gasteiger partial charge is 0.504 e. The van der Waals surface area contributed by atoms with Gasteiger partial charge in [0.2, 0.25) is 5.95 Å². The second-order valence-corrected chi connectivity index (χ2v) is 7.76. The smallest absolute Gasteiger partial charge is 0.251 e. The summed E-state index contributed by atoms with van der Waals surface area (Å²) >= 11 is 0. The Hall–Kier alpha value is -4.44. The van der Waals surface area contributed by atoms with Crippen molar-refractivity contribution in [3.8, 4) is 28.6 Å². The first-order valence-corrected chi connectivity index (χ1v) is 10.4. The van der Waals surface area contributed by atoms with Gasteiger partial charge in [-0.15, -0.1) is 0 Å². The van der Waals surface area contributed by atoms with Gasteiger partial charge in [-0.1, -0.05) is 30.4 Å². The molecule has 0 aliphatic heterocycles. The average Bonchev–Trinajstić information content (AvgIpc) is 2.80. The van der Waals surface area contributed by atoms with E-state index in [9.17, 15) is 10.1 Å². The summed E-state index contributed by atoms with van der Waals surface area (Å²) in [5.74, 6) is 0.102. The van der Waals surface area contributed by atoms with Crippen LogP contribution in [-0.4, -0.2) is 21.6 Å². The molecule has 1 aromatic carbocycles. The van der Waals surface area contributed by atoms with E-state index in [-0.39, 0.29) is 11.5 Å². The molecule has 0 unspecified atom stereocenters. The fourth-order valence-corrected chi connectivity index (χ4v) is 3.83. The average molecular weight is 438 g/mol. The van der Waals surface area contributed by atoms with Crippen molar-refractivity contribution in [1.29, 1.82) is 5.26 Å².